The van der Waals surface area contributed by atoms with E-state index in [0.29, 0.717) is 17.1 Å². The molecule has 22 heavy (non-hydrogen) atoms. The summed E-state index contributed by atoms with van der Waals surface area (Å²) in [7, 11) is 0. The Morgan fingerprint density at radius 1 is 1.14 bits per heavy atom. The van der Waals surface area contributed by atoms with Crippen LogP contribution in [0.25, 0.3) is 11.3 Å². The van der Waals surface area contributed by atoms with Crippen molar-refractivity contribution in [2.75, 3.05) is 18.4 Å². The van der Waals surface area contributed by atoms with Crippen LogP contribution >= 0.6 is 0 Å². The van der Waals surface area contributed by atoms with E-state index in [2.05, 4.69) is 20.8 Å². The summed E-state index contributed by atoms with van der Waals surface area (Å²) in [5.41, 5.74) is 1.59. The quantitative estimate of drug-likeness (QED) is 0.741. The summed E-state index contributed by atoms with van der Waals surface area (Å²) in [6.07, 6.45) is 1.50. The molecule has 3 N–H and O–H groups in total. The zero-order valence-electron chi connectivity index (χ0n) is 12.0. The summed E-state index contributed by atoms with van der Waals surface area (Å²) in [5.74, 6) is 0.715. The van der Waals surface area contributed by atoms with E-state index in [0.717, 1.165) is 31.5 Å². The first-order chi connectivity index (χ1) is 10.7. The van der Waals surface area contributed by atoms with E-state index >= 15 is 0 Å². The highest BCUT2D eigenvalue weighted by Crippen LogP contribution is 2.44. The van der Waals surface area contributed by atoms with Crippen molar-refractivity contribution in [3.63, 3.8) is 0 Å². The van der Waals surface area contributed by atoms with Gasteiger partial charge in [0.05, 0.1) is 11.1 Å². The van der Waals surface area contributed by atoms with Crippen molar-refractivity contribution in [1.82, 2.24) is 15.5 Å². The molecule has 1 amide bonds. The van der Waals surface area contributed by atoms with Gasteiger partial charge in [-0.3, -0.25) is 4.79 Å². The highest BCUT2D eigenvalue weighted by atomic mass is 16.3. The van der Waals surface area contributed by atoms with Gasteiger partial charge in [0, 0.05) is 11.1 Å². The zero-order chi connectivity index (χ0) is 15.2. The van der Waals surface area contributed by atoms with Crippen LogP contribution in [0.1, 0.15) is 18.4 Å². The molecule has 112 valence electrons. The number of nitrogens with zero attached hydrogens (tertiary/aromatic N) is 2. The van der Waals surface area contributed by atoms with Crippen molar-refractivity contribution in [2.45, 2.75) is 18.3 Å². The third-order valence-electron chi connectivity index (χ3n) is 4.61. The fourth-order valence-electron chi connectivity index (χ4n) is 3.37. The van der Waals surface area contributed by atoms with Gasteiger partial charge in [0.15, 0.2) is 5.82 Å². The van der Waals surface area contributed by atoms with Crippen LogP contribution in [0.2, 0.25) is 0 Å². The van der Waals surface area contributed by atoms with Gasteiger partial charge in [-0.05, 0) is 44.1 Å². The first-order valence-electron chi connectivity index (χ1n) is 7.39. The summed E-state index contributed by atoms with van der Waals surface area (Å²) in [4.78, 5) is 12.5. The standard InChI is InChI=1S/C16H16N4O2/c21-13-4-2-1-3-10(13)12-9-11-14(20-19-12)18-15(22)16(11)5-7-17-8-6-16/h1-4,9,17,21H,5-8H2,(H,18,20,22). The maximum atomic E-state index is 12.5. The number of fused-ring (bicyclic) bond motifs is 2. The lowest BCUT2D eigenvalue weighted by Crippen LogP contribution is -2.44. The Morgan fingerprint density at radius 3 is 2.68 bits per heavy atom. The summed E-state index contributed by atoms with van der Waals surface area (Å²) >= 11 is 0. The number of aromatic hydroxyl groups is 1. The SMILES string of the molecule is O=C1Nc2nnc(-c3ccccc3O)cc2C12CCNCC2. The van der Waals surface area contributed by atoms with Gasteiger partial charge in [0.25, 0.3) is 0 Å². The summed E-state index contributed by atoms with van der Waals surface area (Å²) in [6.45, 7) is 1.61. The van der Waals surface area contributed by atoms with E-state index in [4.69, 9.17) is 0 Å². The third kappa shape index (κ3) is 1.80. The number of anilines is 1. The molecule has 2 aliphatic rings. The Hall–Kier alpha value is -2.47. The molecular weight excluding hydrogens is 280 g/mol. The van der Waals surface area contributed by atoms with E-state index in [1.54, 1.807) is 18.2 Å². The number of phenols is 1. The Labute approximate surface area is 127 Å². The van der Waals surface area contributed by atoms with Crippen molar-refractivity contribution in [3.05, 3.63) is 35.9 Å². The highest BCUT2D eigenvalue weighted by Gasteiger charge is 2.48. The monoisotopic (exact) mass is 296 g/mol. The Kier molecular flexibility index (Phi) is 2.87. The number of hydrogen-bond acceptors (Lipinski definition) is 5. The van der Waals surface area contributed by atoms with Gasteiger partial charge in [-0.25, -0.2) is 0 Å². The number of hydrogen-bond donors (Lipinski definition) is 3. The predicted molar refractivity (Wildman–Crippen MR) is 81.5 cm³/mol. The van der Waals surface area contributed by atoms with Crippen LogP contribution in [0.15, 0.2) is 30.3 Å². The van der Waals surface area contributed by atoms with Gasteiger partial charge < -0.3 is 15.7 Å². The van der Waals surface area contributed by atoms with Crippen LogP contribution in [-0.4, -0.2) is 34.3 Å². The Balaban J connectivity index is 1.85. The molecule has 1 fully saturated rings. The first kappa shape index (κ1) is 13.2. The van der Waals surface area contributed by atoms with Gasteiger partial charge in [-0.2, -0.15) is 0 Å². The molecule has 2 aromatic rings. The molecule has 1 aromatic heterocycles. The van der Waals surface area contributed by atoms with Crippen LogP contribution in [0.5, 0.6) is 5.75 Å². The molecule has 0 unspecified atom stereocenters. The maximum Gasteiger partial charge on any atom is 0.236 e. The summed E-state index contributed by atoms with van der Waals surface area (Å²) in [5, 5.41) is 24.5. The molecule has 2 aliphatic heterocycles. The van der Waals surface area contributed by atoms with Crippen LogP contribution in [-0.2, 0) is 10.2 Å². The molecule has 1 saturated heterocycles. The van der Waals surface area contributed by atoms with E-state index in [9.17, 15) is 9.90 Å². The molecule has 1 aromatic carbocycles. The molecule has 0 radical (unpaired) electrons. The number of para-hydroxylation sites is 1. The van der Waals surface area contributed by atoms with Crippen LogP contribution in [0.4, 0.5) is 5.82 Å². The second-order valence-electron chi connectivity index (χ2n) is 5.80. The number of rotatable bonds is 1. The number of aromatic nitrogens is 2. The smallest absolute Gasteiger partial charge is 0.236 e. The number of carbonyl (C=O) groups is 1. The summed E-state index contributed by atoms with van der Waals surface area (Å²) < 4.78 is 0. The van der Waals surface area contributed by atoms with Gasteiger partial charge in [0.2, 0.25) is 5.91 Å². The second-order valence-corrected chi connectivity index (χ2v) is 5.80. The van der Waals surface area contributed by atoms with E-state index in [-0.39, 0.29) is 11.7 Å². The molecule has 0 atom stereocenters. The molecule has 3 heterocycles. The minimum atomic E-state index is -0.518. The minimum Gasteiger partial charge on any atom is -0.507 e. The third-order valence-corrected chi connectivity index (χ3v) is 4.61. The van der Waals surface area contributed by atoms with Gasteiger partial charge in [-0.1, -0.05) is 12.1 Å². The first-order valence-corrected chi connectivity index (χ1v) is 7.39. The number of carbonyl (C=O) groups excluding carboxylic acids is 1. The molecule has 4 rings (SSSR count). The van der Waals surface area contributed by atoms with Crippen molar-refractivity contribution >= 4 is 11.7 Å². The van der Waals surface area contributed by atoms with E-state index in [1.165, 1.54) is 0 Å². The average molecular weight is 296 g/mol. The fourth-order valence-corrected chi connectivity index (χ4v) is 3.37. The molecule has 0 saturated carbocycles. The van der Waals surface area contributed by atoms with Crippen molar-refractivity contribution in [2.24, 2.45) is 0 Å². The molecule has 0 aliphatic carbocycles. The van der Waals surface area contributed by atoms with Crippen molar-refractivity contribution in [1.29, 1.82) is 0 Å². The molecule has 0 bridgehead atoms. The topological polar surface area (TPSA) is 87.1 Å². The van der Waals surface area contributed by atoms with E-state index < -0.39 is 5.41 Å². The summed E-state index contributed by atoms with van der Waals surface area (Å²) in [6, 6.07) is 8.91. The predicted octanol–water partition coefficient (Wildman–Crippen LogP) is 1.42. The van der Waals surface area contributed by atoms with Gasteiger partial charge in [0.1, 0.15) is 5.75 Å². The normalized spacial score (nSPS) is 19.0. The molecule has 6 heteroatoms. The molecular formula is C16H16N4O2. The Morgan fingerprint density at radius 2 is 1.91 bits per heavy atom. The van der Waals surface area contributed by atoms with Crippen LogP contribution in [0, 0.1) is 0 Å². The lowest BCUT2D eigenvalue weighted by atomic mass is 9.74. The Bertz CT molecular complexity index is 754. The maximum absolute atomic E-state index is 12.5. The fraction of sp³-hybridized carbons (Fsp3) is 0.312. The lowest BCUT2D eigenvalue weighted by Gasteiger charge is -2.31. The van der Waals surface area contributed by atoms with Gasteiger partial charge in [-0.15, -0.1) is 10.2 Å². The minimum absolute atomic E-state index is 0.00716. The second kappa shape index (κ2) is 4.78. The van der Waals surface area contributed by atoms with Crippen LogP contribution in [0.3, 0.4) is 0 Å². The zero-order valence-corrected chi connectivity index (χ0v) is 12.0. The molecule has 1 spiro atoms. The number of benzene rings is 1. The number of amides is 1. The van der Waals surface area contributed by atoms with Crippen molar-refractivity contribution < 1.29 is 9.90 Å². The highest BCUT2D eigenvalue weighted by molar-refractivity contribution is 6.05. The number of nitrogens with one attached hydrogen (secondary N) is 2. The van der Waals surface area contributed by atoms with E-state index in [1.807, 2.05) is 12.1 Å². The lowest BCUT2D eigenvalue weighted by molar-refractivity contribution is -0.121. The van der Waals surface area contributed by atoms with Gasteiger partial charge >= 0.3 is 0 Å². The van der Waals surface area contributed by atoms with Crippen LogP contribution < -0.4 is 10.6 Å². The average Bonchev–Trinajstić information content (AvgIpc) is 2.81. The largest absolute Gasteiger partial charge is 0.507 e. The van der Waals surface area contributed by atoms with Crippen molar-refractivity contribution in [3.8, 4) is 17.0 Å². The molecule has 6 nitrogen and oxygen atoms in total. The number of piperidine rings is 1. The number of phenolic OH excluding ortho intramolecular Hbond substituents is 1.